The van der Waals surface area contributed by atoms with Gasteiger partial charge in [-0.1, -0.05) is 11.2 Å². The van der Waals surface area contributed by atoms with Crippen LogP contribution in [-0.2, 0) is 19.1 Å². The van der Waals surface area contributed by atoms with Crippen LogP contribution in [0.25, 0.3) is 11.4 Å². The average Bonchev–Trinajstić information content (AvgIpc) is 3.30. The number of carbonyl (C=O) groups excluding carboxylic acids is 3. The van der Waals surface area contributed by atoms with Gasteiger partial charge in [-0.05, 0) is 42.5 Å². The molecule has 2 unspecified atom stereocenters. The van der Waals surface area contributed by atoms with Gasteiger partial charge < -0.3 is 24.8 Å². The van der Waals surface area contributed by atoms with Crippen LogP contribution in [0.15, 0.2) is 57.8 Å². The van der Waals surface area contributed by atoms with E-state index in [-0.39, 0.29) is 24.5 Å². The molecule has 1 aromatic heterocycles. The Balaban J connectivity index is 1.44. The summed E-state index contributed by atoms with van der Waals surface area (Å²) < 4.78 is 14.5. The molecule has 3 N–H and O–H groups in total. The fourth-order valence-corrected chi connectivity index (χ4v) is 3.43. The minimum Gasteiger partial charge on any atom is -0.465 e. The van der Waals surface area contributed by atoms with Crippen LogP contribution >= 0.6 is 0 Å². The predicted octanol–water partition coefficient (Wildman–Crippen LogP) is 0.548. The molecule has 0 spiro atoms. The number of nitrogens with zero attached hydrogens (tertiary/aromatic N) is 2. The molecular weight excluding hydrogens is 448 g/mol. The molecule has 34 heavy (non-hydrogen) atoms. The summed E-state index contributed by atoms with van der Waals surface area (Å²) in [5.41, 5.74) is 1.55. The molecule has 0 bridgehead atoms. The molecule has 2 heterocycles. The van der Waals surface area contributed by atoms with Crippen LogP contribution in [-0.4, -0.2) is 65.5 Å². The van der Waals surface area contributed by atoms with Gasteiger partial charge in [0.1, 0.15) is 0 Å². The van der Waals surface area contributed by atoms with Gasteiger partial charge >= 0.3 is 11.7 Å². The standard InChI is InChI=1S/C22H20N4O8/c1-32-21(30)13-3-2-4-15(11-13)26-9-10-33-17(20(26)29)16(27)19(28)23-14-7-5-12(6-8-14)18-24-22(31)34-25-18/h2-8,11,16-17,27H,9-10H2,1H3,(H,23,28)(H,24,25,31). The largest absolute Gasteiger partial charge is 0.465 e. The highest BCUT2D eigenvalue weighted by Gasteiger charge is 2.39. The Kier molecular flexibility index (Phi) is 6.52. The lowest BCUT2D eigenvalue weighted by molar-refractivity contribution is -0.150. The first-order valence-corrected chi connectivity index (χ1v) is 10.1. The molecule has 2 amide bonds. The van der Waals surface area contributed by atoms with E-state index in [0.29, 0.717) is 16.9 Å². The molecular formula is C22H20N4O8. The average molecular weight is 468 g/mol. The number of nitrogens with one attached hydrogen (secondary N) is 2. The highest BCUT2D eigenvalue weighted by Crippen LogP contribution is 2.23. The third-order valence-electron chi connectivity index (χ3n) is 5.12. The Bertz CT molecular complexity index is 1270. The molecule has 176 valence electrons. The molecule has 4 rings (SSSR count). The number of benzene rings is 2. The maximum Gasteiger partial charge on any atom is 0.439 e. The van der Waals surface area contributed by atoms with E-state index in [1.54, 1.807) is 30.3 Å². The van der Waals surface area contributed by atoms with Crippen molar-refractivity contribution < 1.29 is 33.5 Å². The zero-order valence-electron chi connectivity index (χ0n) is 17.9. The van der Waals surface area contributed by atoms with Crippen molar-refractivity contribution in [1.29, 1.82) is 0 Å². The lowest BCUT2D eigenvalue weighted by Gasteiger charge is -2.34. The summed E-state index contributed by atoms with van der Waals surface area (Å²) in [6.07, 6.45) is -3.22. The number of rotatable bonds is 6. The van der Waals surface area contributed by atoms with E-state index in [0.717, 1.165) is 0 Å². The molecule has 0 saturated carbocycles. The van der Waals surface area contributed by atoms with Gasteiger partial charge in [0.2, 0.25) is 0 Å². The summed E-state index contributed by atoms with van der Waals surface area (Å²) >= 11 is 0. The summed E-state index contributed by atoms with van der Waals surface area (Å²) in [4.78, 5) is 52.2. The zero-order chi connectivity index (χ0) is 24.2. The minimum absolute atomic E-state index is 0.0772. The van der Waals surface area contributed by atoms with Crippen LogP contribution in [0.3, 0.4) is 0 Å². The number of hydrogen-bond acceptors (Lipinski definition) is 9. The molecule has 1 fully saturated rings. The number of hydrogen-bond donors (Lipinski definition) is 3. The Hall–Kier alpha value is -4.29. The number of aliphatic hydroxyl groups excluding tert-OH is 1. The van der Waals surface area contributed by atoms with Crippen LogP contribution in [0.4, 0.5) is 11.4 Å². The third-order valence-corrected chi connectivity index (χ3v) is 5.12. The molecule has 12 nitrogen and oxygen atoms in total. The van der Waals surface area contributed by atoms with Gasteiger partial charge in [0.15, 0.2) is 18.0 Å². The Morgan fingerprint density at radius 3 is 2.68 bits per heavy atom. The number of aromatic amines is 1. The number of ether oxygens (including phenoxy) is 2. The van der Waals surface area contributed by atoms with Crippen LogP contribution < -0.4 is 16.0 Å². The van der Waals surface area contributed by atoms with Gasteiger partial charge in [-0.25, -0.2) is 9.59 Å². The second kappa shape index (κ2) is 9.68. The van der Waals surface area contributed by atoms with E-state index in [1.165, 1.54) is 30.2 Å². The Labute approximate surface area is 192 Å². The third kappa shape index (κ3) is 4.72. The number of aromatic nitrogens is 2. The number of esters is 1. The number of H-pyrrole nitrogens is 1. The maximum absolute atomic E-state index is 13.0. The second-order valence-corrected chi connectivity index (χ2v) is 7.28. The lowest BCUT2D eigenvalue weighted by Crippen LogP contribution is -2.55. The quantitative estimate of drug-likeness (QED) is 0.438. The Morgan fingerprint density at radius 2 is 2.00 bits per heavy atom. The van der Waals surface area contributed by atoms with Crippen molar-refractivity contribution in [3.05, 3.63) is 64.6 Å². The summed E-state index contributed by atoms with van der Waals surface area (Å²) in [6, 6.07) is 12.5. The summed E-state index contributed by atoms with van der Waals surface area (Å²) in [5.74, 6) is -2.49. The van der Waals surface area contributed by atoms with Crippen molar-refractivity contribution in [2.24, 2.45) is 0 Å². The predicted molar refractivity (Wildman–Crippen MR) is 117 cm³/mol. The van der Waals surface area contributed by atoms with E-state index < -0.39 is 35.7 Å². The number of anilines is 2. The van der Waals surface area contributed by atoms with Gasteiger partial charge in [-0.3, -0.25) is 19.1 Å². The molecule has 3 aromatic rings. The van der Waals surface area contributed by atoms with E-state index in [4.69, 9.17) is 9.47 Å². The Morgan fingerprint density at radius 1 is 1.24 bits per heavy atom. The van der Waals surface area contributed by atoms with Crippen molar-refractivity contribution in [3.8, 4) is 11.4 Å². The van der Waals surface area contributed by atoms with Gasteiger partial charge in [-0.2, -0.15) is 0 Å². The highest BCUT2D eigenvalue weighted by atomic mass is 16.5. The lowest BCUT2D eigenvalue weighted by atomic mass is 10.1. The van der Waals surface area contributed by atoms with Gasteiger partial charge in [0.25, 0.3) is 11.8 Å². The number of amides is 2. The zero-order valence-corrected chi connectivity index (χ0v) is 17.9. The smallest absolute Gasteiger partial charge is 0.439 e. The first-order chi connectivity index (χ1) is 16.4. The van der Waals surface area contributed by atoms with Crippen molar-refractivity contribution in [2.45, 2.75) is 12.2 Å². The fourth-order valence-electron chi connectivity index (χ4n) is 3.43. The van der Waals surface area contributed by atoms with Crippen LogP contribution in [0, 0.1) is 0 Å². The number of methoxy groups -OCH3 is 1. The van der Waals surface area contributed by atoms with Crippen LogP contribution in [0.2, 0.25) is 0 Å². The van der Waals surface area contributed by atoms with E-state index >= 15 is 0 Å². The summed E-state index contributed by atoms with van der Waals surface area (Å²) in [5, 5.41) is 16.6. The highest BCUT2D eigenvalue weighted by molar-refractivity contribution is 6.04. The summed E-state index contributed by atoms with van der Waals surface area (Å²) in [7, 11) is 1.25. The maximum atomic E-state index is 13.0. The molecule has 1 saturated heterocycles. The van der Waals surface area contributed by atoms with E-state index in [2.05, 4.69) is 20.0 Å². The monoisotopic (exact) mass is 468 g/mol. The topological polar surface area (TPSA) is 164 Å². The molecule has 2 atom stereocenters. The molecule has 1 aliphatic heterocycles. The first-order valence-electron chi connectivity index (χ1n) is 10.1. The number of carbonyl (C=O) groups is 3. The van der Waals surface area contributed by atoms with Crippen molar-refractivity contribution >= 4 is 29.2 Å². The normalized spacial score (nSPS) is 16.7. The van der Waals surface area contributed by atoms with Crippen molar-refractivity contribution in [2.75, 3.05) is 30.5 Å². The van der Waals surface area contributed by atoms with Gasteiger partial charge in [0, 0.05) is 23.5 Å². The SMILES string of the molecule is COC(=O)c1cccc(N2CCOC(C(O)C(=O)Nc3ccc(-c4noc(=O)[nH]4)cc3)C2=O)c1. The number of aliphatic hydroxyl groups is 1. The van der Waals surface area contributed by atoms with E-state index in [9.17, 15) is 24.3 Å². The molecule has 2 aromatic carbocycles. The molecule has 0 aliphatic carbocycles. The van der Waals surface area contributed by atoms with Crippen molar-refractivity contribution in [3.63, 3.8) is 0 Å². The number of morpholine rings is 1. The second-order valence-electron chi connectivity index (χ2n) is 7.28. The molecule has 0 radical (unpaired) electrons. The van der Waals surface area contributed by atoms with Crippen molar-refractivity contribution in [1.82, 2.24) is 10.1 Å². The molecule has 12 heteroatoms. The van der Waals surface area contributed by atoms with Crippen LogP contribution in [0.5, 0.6) is 0 Å². The fraction of sp³-hybridized carbons (Fsp3) is 0.227. The first kappa shape index (κ1) is 22.9. The van der Waals surface area contributed by atoms with E-state index in [1.807, 2.05) is 0 Å². The van der Waals surface area contributed by atoms with Crippen LogP contribution in [0.1, 0.15) is 10.4 Å². The molecule has 1 aliphatic rings. The minimum atomic E-state index is -1.79. The van der Waals surface area contributed by atoms with Gasteiger partial charge in [-0.15, -0.1) is 0 Å². The van der Waals surface area contributed by atoms with Gasteiger partial charge in [0.05, 0.1) is 19.3 Å². The summed E-state index contributed by atoms with van der Waals surface area (Å²) in [6.45, 7) is 0.258.